The van der Waals surface area contributed by atoms with Crippen LogP contribution < -0.4 is 5.73 Å². The Kier molecular flexibility index (Phi) is 4.60. The van der Waals surface area contributed by atoms with Crippen LogP contribution in [0.1, 0.15) is 47.5 Å². The third-order valence-corrected chi connectivity index (χ3v) is 6.40. The first-order valence-corrected chi connectivity index (χ1v) is 7.91. The van der Waals surface area contributed by atoms with Gasteiger partial charge >= 0.3 is 0 Å². The van der Waals surface area contributed by atoms with E-state index in [-0.39, 0.29) is 11.1 Å². The van der Waals surface area contributed by atoms with E-state index >= 15 is 0 Å². The van der Waals surface area contributed by atoms with E-state index in [1.807, 2.05) is 0 Å². The smallest absolute Gasteiger partial charge is 0.0475 e. The lowest BCUT2D eigenvalue weighted by Gasteiger charge is -2.59. The van der Waals surface area contributed by atoms with Crippen molar-refractivity contribution in [2.45, 2.75) is 58.5 Å². The molecule has 102 valence electrons. The van der Waals surface area contributed by atoms with Crippen molar-refractivity contribution in [2.24, 2.45) is 11.1 Å². The molecule has 2 nitrogen and oxygen atoms in total. The molecular formula is C14H30N2S. The summed E-state index contributed by atoms with van der Waals surface area (Å²) < 4.78 is 0. The lowest BCUT2D eigenvalue weighted by atomic mass is 9.68. The molecule has 1 unspecified atom stereocenters. The summed E-state index contributed by atoms with van der Waals surface area (Å²) in [6.45, 7) is 12.5. The van der Waals surface area contributed by atoms with E-state index in [1.54, 1.807) is 0 Å². The Morgan fingerprint density at radius 1 is 1.35 bits per heavy atom. The first-order chi connectivity index (χ1) is 7.73. The molecule has 0 saturated carbocycles. The van der Waals surface area contributed by atoms with Gasteiger partial charge in [-0.05, 0) is 44.9 Å². The van der Waals surface area contributed by atoms with Crippen LogP contribution in [0.25, 0.3) is 0 Å². The molecule has 0 spiro atoms. The third-order valence-electron chi connectivity index (χ3n) is 5.22. The molecule has 17 heavy (non-hydrogen) atoms. The van der Waals surface area contributed by atoms with Crippen LogP contribution in [0.2, 0.25) is 0 Å². The summed E-state index contributed by atoms with van der Waals surface area (Å²) in [7, 11) is 2.27. The Balaban J connectivity index is 3.10. The first-order valence-electron chi connectivity index (χ1n) is 6.75. The maximum absolute atomic E-state index is 6.21. The van der Waals surface area contributed by atoms with E-state index in [0.29, 0.717) is 5.41 Å². The highest BCUT2D eigenvalue weighted by Crippen LogP contribution is 2.47. The molecule has 0 amide bonds. The lowest BCUT2D eigenvalue weighted by molar-refractivity contribution is -0.0425. The third kappa shape index (κ3) is 2.52. The average molecular weight is 258 g/mol. The van der Waals surface area contributed by atoms with E-state index in [2.05, 4.69) is 58.3 Å². The normalized spacial score (nSPS) is 29.6. The average Bonchev–Trinajstić information content (AvgIpc) is 2.28. The number of nitrogens with zero attached hydrogens (tertiary/aromatic N) is 1. The molecule has 1 rings (SSSR count). The van der Waals surface area contributed by atoms with Gasteiger partial charge in [-0.2, -0.15) is 11.8 Å². The van der Waals surface area contributed by atoms with Crippen molar-refractivity contribution < 1.29 is 0 Å². The van der Waals surface area contributed by atoms with E-state index in [1.165, 1.54) is 12.2 Å². The maximum Gasteiger partial charge on any atom is 0.0475 e. The van der Waals surface area contributed by atoms with Crippen LogP contribution in [0, 0.1) is 5.41 Å². The second kappa shape index (κ2) is 5.10. The molecule has 1 fully saturated rings. The standard InChI is InChI=1S/C14H30N2S/c1-7-13(4,5)16(6)14(10-15)11-17-9-8-12(14,2)3/h7-11,15H2,1-6H3. The van der Waals surface area contributed by atoms with Crippen molar-refractivity contribution in [1.29, 1.82) is 0 Å². The van der Waals surface area contributed by atoms with Crippen molar-refractivity contribution in [1.82, 2.24) is 4.90 Å². The van der Waals surface area contributed by atoms with Crippen LogP contribution in [0.5, 0.6) is 0 Å². The Morgan fingerprint density at radius 3 is 2.35 bits per heavy atom. The van der Waals surface area contributed by atoms with Gasteiger partial charge in [0.05, 0.1) is 0 Å². The molecule has 0 aromatic rings. The molecule has 3 heteroatoms. The largest absolute Gasteiger partial charge is 0.329 e. The summed E-state index contributed by atoms with van der Waals surface area (Å²) in [5, 5.41) is 0. The Labute approximate surface area is 112 Å². The molecule has 0 radical (unpaired) electrons. The molecule has 1 atom stereocenters. The fourth-order valence-corrected chi connectivity index (χ4v) is 4.67. The number of hydrogen-bond acceptors (Lipinski definition) is 3. The zero-order valence-corrected chi connectivity index (χ0v) is 13.3. The van der Waals surface area contributed by atoms with Crippen molar-refractivity contribution in [3.05, 3.63) is 0 Å². The monoisotopic (exact) mass is 258 g/mol. The van der Waals surface area contributed by atoms with E-state index in [9.17, 15) is 0 Å². The molecule has 1 saturated heterocycles. The Bertz CT molecular complexity index is 263. The summed E-state index contributed by atoms with van der Waals surface area (Å²) in [6, 6.07) is 0. The van der Waals surface area contributed by atoms with Crippen LogP contribution in [0.15, 0.2) is 0 Å². The summed E-state index contributed by atoms with van der Waals surface area (Å²) >= 11 is 2.06. The molecule has 0 aromatic carbocycles. The summed E-state index contributed by atoms with van der Waals surface area (Å²) in [5.41, 5.74) is 6.86. The zero-order chi connectivity index (χ0) is 13.3. The van der Waals surface area contributed by atoms with E-state index in [0.717, 1.165) is 18.7 Å². The minimum Gasteiger partial charge on any atom is -0.329 e. The van der Waals surface area contributed by atoms with Crippen molar-refractivity contribution in [3.63, 3.8) is 0 Å². The van der Waals surface area contributed by atoms with E-state index < -0.39 is 0 Å². The first kappa shape index (κ1) is 15.3. The maximum atomic E-state index is 6.21. The fourth-order valence-electron chi connectivity index (χ4n) is 2.84. The van der Waals surface area contributed by atoms with Crippen LogP contribution in [0.3, 0.4) is 0 Å². The Morgan fingerprint density at radius 2 is 1.94 bits per heavy atom. The van der Waals surface area contributed by atoms with Gasteiger partial charge in [-0.1, -0.05) is 20.8 Å². The predicted octanol–water partition coefficient (Wildman–Crippen LogP) is 2.97. The van der Waals surface area contributed by atoms with Gasteiger partial charge in [-0.15, -0.1) is 0 Å². The quantitative estimate of drug-likeness (QED) is 0.840. The fraction of sp³-hybridized carbons (Fsp3) is 1.00. The van der Waals surface area contributed by atoms with Gasteiger partial charge in [0, 0.05) is 23.4 Å². The summed E-state index contributed by atoms with van der Waals surface area (Å²) in [4.78, 5) is 2.56. The minimum absolute atomic E-state index is 0.134. The molecule has 0 bridgehead atoms. The van der Waals surface area contributed by atoms with Gasteiger partial charge in [0.2, 0.25) is 0 Å². The molecule has 2 N–H and O–H groups in total. The van der Waals surface area contributed by atoms with Crippen LogP contribution in [-0.2, 0) is 0 Å². The Hall–Kier alpha value is 0.270. The molecular weight excluding hydrogens is 228 g/mol. The molecule has 0 aliphatic carbocycles. The summed E-state index contributed by atoms with van der Waals surface area (Å²) in [6.07, 6.45) is 2.42. The molecule has 1 heterocycles. The van der Waals surface area contributed by atoms with Gasteiger partial charge in [0.1, 0.15) is 0 Å². The molecule has 1 aliphatic heterocycles. The second-order valence-electron chi connectivity index (χ2n) is 6.65. The minimum atomic E-state index is 0.134. The van der Waals surface area contributed by atoms with Crippen LogP contribution >= 0.6 is 11.8 Å². The van der Waals surface area contributed by atoms with Gasteiger partial charge in [0.25, 0.3) is 0 Å². The number of likely N-dealkylation sites (N-methyl/N-ethyl adjacent to an activating group) is 1. The SMILES string of the molecule is CCC(C)(C)N(C)C1(CN)CSCCC1(C)C. The predicted molar refractivity (Wildman–Crippen MR) is 79.6 cm³/mol. The number of rotatable bonds is 4. The number of hydrogen-bond donors (Lipinski definition) is 1. The lowest BCUT2D eigenvalue weighted by Crippen LogP contribution is -2.69. The van der Waals surface area contributed by atoms with Gasteiger partial charge in [-0.25, -0.2) is 0 Å². The number of thioether (sulfide) groups is 1. The molecule has 0 aromatic heterocycles. The second-order valence-corrected chi connectivity index (χ2v) is 7.75. The van der Waals surface area contributed by atoms with Crippen molar-refractivity contribution >= 4 is 11.8 Å². The van der Waals surface area contributed by atoms with Crippen molar-refractivity contribution in [3.8, 4) is 0 Å². The van der Waals surface area contributed by atoms with Gasteiger partial charge in [-0.3, -0.25) is 4.90 Å². The highest BCUT2D eigenvalue weighted by atomic mass is 32.2. The van der Waals surface area contributed by atoms with Crippen LogP contribution in [0.4, 0.5) is 0 Å². The van der Waals surface area contributed by atoms with E-state index in [4.69, 9.17) is 5.73 Å². The van der Waals surface area contributed by atoms with Crippen molar-refractivity contribution in [2.75, 3.05) is 25.1 Å². The topological polar surface area (TPSA) is 29.3 Å². The van der Waals surface area contributed by atoms with Gasteiger partial charge in [0.15, 0.2) is 0 Å². The zero-order valence-electron chi connectivity index (χ0n) is 12.5. The number of nitrogens with two attached hydrogens (primary N) is 1. The summed E-state index contributed by atoms with van der Waals surface area (Å²) in [5.74, 6) is 2.44. The van der Waals surface area contributed by atoms with Crippen LogP contribution in [-0.4, -0.2) is 41.1 Å². The molecule has 1 aliphatic rings. The van der Waals surface area contributed by atoms with Gasteiger partial charge < -0.3 is 5.73 Å². The highest BCUT2D eigenvalue weighted by molar-refractivity contribution is 7.99. The highest BCUT2D eigenvalue weighted by Gasteiger charge is 2.51.